The summed E-state index contributed by atoms with van der Waals surface area (Å²) in [6.07, 6.45) is 5.92. The lowest BCUT2D eigenvalue weighted by Gasteiger charge is -1.88. The van der Waals surface area contributed by atoms with Crippen LogP contribution in [-0.4, -0.2) is 4.98 Å². The Balaban J connectivity index is 0.000000671. The lowest BCUT2D eigenvalue weighted by atomic mass is 10.2. The first-order valence-electron chi connectivity index (χ1n) is 4.72. The summed E-state index contributed by atoms with van der Waals surface area (Å²) in [6, 6.07) is 2.09. The number of aromatic amines is 1. The van der Waals surface area contributed by atoms with Gasteiger partial charge in [0.05, 0.1) is 0 Å². The van der Waals surface area contributed by atoms with Gasteiger partial charge < -0.3 is 4.98 Å². The normalized spacial score (nSPS) is 9.54. The van der Waals surface area contributed by atoms with Crippen LogP contribution in [0.25, 0.3) is 12.2 Å². The van der Waals surface area contributed by atoms with Crippen LogP contribution in [0.1, 0.15) is 37.7 Å². The van der Waals surface area contributed by atoms with Crippen LogP contribution < -0.4 is 0 Å². The number of hydrogen-bond acceptors (Lipinski definition) is 0. The zero-order valence-corrected chi connectivity index (χ0v) is 9.02. The molecule has 0 aliphatic carbocycles. The smallest absolute Gasteiger partial charge is 0.0452 e. The van der Waals surface area contributed by atoms with Gasteiger partial charge in [0.2, 0.25) is 0 Å². The van der Waals surface area contributed by atoms with Gasteiger partial charge >= 0.3 is 0 Å². The van der Waals surface area contributed by atoms with Crippen molar-refractivity contribution in [3.05, 3.63) is 35.7 Å². The second-order valence-electron chi connectivity index (χ2n) is 2.53. The van der Waals surface area contributed by atoms with Crippen LogP contribution in [-0.2, 0) is 0 Å². The molecule has 0 fully saturated rings. The van der Waals surface area contributed by atoms with Crippen molar-refractivity contribution in [2.45, 2.75) is 27.7 Å². The molecule has 0 atom stereocenters. The molecule has 1 N–H and O–H groups in total. The fourth-order valence-electron chi connectivity index (χ4n) is 1.11. The quantitative estimate of drug-likeness (QED) is 0.702. The largest absolute Gasteiger partial charge is 0.359 e. The summed E-state index contributed by atoms with van der Waals surface area (Å²) in [5, 5.41) is 0. The molecule has 13 heavy (non-hydrogen) atoms. The Kier molecular flexibility index (Phi) is 5.69. The molecule has 1 heteroatoms. The number of aromatic nitrogens is 1. The van der Waals surface area contributed by atoms with E-state index < -0.39 is 0 Å². The highest BCUT2D eigenvalue weighted by Crippen LogP contribution is 2.12. The molecule has 0 radical (unpaired) electrons. The summed E-state index contributed by atoms with van der Waals surface area (Å²) in [5.41, 5.74) is 3.48. The van der Waals surface area contributed by atoms with E-state index in [1.165, 1.54) is 11.3 Å². The molecule has 0 saturated heterocycles. The van der Waals surface area contributed by atoms with Crippen LogP contribution in [0.4, 0.5) is 0 Å². The second kappa shape index (κ2) is 6.30. The number of rotatable bonds is 2. The molecule has 1 aromatic rings. The van der Waals surface area contributed by atoms with Crippen LogP contribution in [0.5, 0.6) is 0 Å². The number of aryl methyl sites for hydroxylation is 1. The Labute approximate surface area is 81.2 Å². The molecule has 0 bridgehead atoms. The molecule has 0 unspecified atom stereocenters. The van der Waals surface area contributed by atoms with Crippen LogP contribution >= 0.6 is 0 Å². The second-order valence-corrected chi connectivity index (χ2v) is 2.53. The molecule has 1 aromatic heterocycles. The van der Waals surface area contributed by atoms with Gasteiger partial charge in [0.15, 0.2) is 0 Å². The third-order valence-electron chi connectivity index (χ3n) is 1.57. The van der Waals surface area contributed by atoms with E-state index in [-0.39, 0.29) is 0 Å². The average Bonchev–Trinajstić information content (AvgIpc) is 2.50. The van der Waals surface area contributed by atoms with Crippen molar-refractivity contribution in [1.82, 2.24) is 4.98 Å². The van der Waals surface area contributed by atoms with Gasteiger partial charge in [-0.3, -0.25) is 0 Å². The Hall–Kier alpha value is -1.24. The van der Waals surface area contributed by atoms with Crippen LogP contribution in [0.3, 0.4) is 0 Å². The van der Waals surface area contributed by atoms with E-state index in [0.717, 1.165) is 5.69 Å². The van der Waals surface area contributed by atoms with Crippen molar-refractivity contribution in [3.8, 4) is 0 Å². The predicted octanol–water partition coefficient (Wildman–Crippen LogP) is 4.03. The van der Waals surface area contributed by atoms with E-state index in [0.29, 0.717) is 0 Å². The Morgan fingerprint density at radius 3 is 2.46 bits per heavy atom. The Bertz CT molecular complexity index is 279. The van der Waals surface area contributed by atoms with E-state index in [9.17, 15) is 0 Å². The summed E-state index contributed by atoms with van der Waals surface area (Å²) < 4.78 is 0. The summed E-state index contributed by atoms with van der Waals surface area (Å²) >= 11 is 0. The van der Waals surface area contributed by atoms with Crippen molar-refractivity contribution >= 4 is 12.2 Å². The zero-order chi connectivity index (χ0) is 10.3. The minimum absolute atomic E-state index is 1.14. The van der Waals surface area contributed by atoms with Gasteiger partial charge in [-0.1, -0.05) is 32.6 Å². The van der Waals surface area contributed by atoms with E-state index in [1.807, 2.05) is 45.9 Å². The molecule has 0 saturated carbocycles. The van der Waals surface area contributed by atoms with Gasteiger partial charge in [0.25, 0.3) is 0 Å². The summed E-state index contributed by atoms with van der Waals surface area (Å²) in [5.74, 6) is 0. The highest BCUT2D eigenvalue weighted by atomic mass is 14.7. The van der Waals surface area contributed by atoms with E-state index in [2.05, 4.69) is 17.6 Å². The summed E-state index contributed by atoms with van der Waals surface area (Å²) in [4.78, 5) is 3.24. The van der Waals surface area contributed by atoms with E-state index in [1.54, 1.807) is 0 Å². The molecule has 1 nitrogen and oxygen atoms in total. The first kappa shape index (κ1) is 11.8. The van der Waals surface area contributed by atoms with Crippen molar-refractivity contribution in [2.24, 2.45) is 0 Å². The van der Waals surface area contributed by atoms with Gasteiger partial charge in [-0.05, 0) is 31.6 Å². The standard InChI is InChI=1S/C10H13N.C2H6/c1-4-6-10-9(5-2)7-8(3)11-10;1-2/h4-7,11H,2H2,1,3H3;1-2H3/b6-4-;. The molecule has 0 aliphatic rings. The van der Waals surface area contributed by atoms with Crippen LogP contribution in [0.15, 0.2) is 18.7 Å². The number of H-pyrrole nitrogens is 1. The molecule has 0 amide bonds. The van der Waals surface area contributed by atoms with Crippen molar-refractivity contribution in [3.63, 3.8) is 0 Å². The van der Waals surface area contributed by atoms with Gasteiger partial charge in [-0.15, -0.1) is 0 Å². The lowest BCUT2D eigenvalue weighted by Crippen LogP contribution is -1.73. The highest BCUT2D eigenvalue weighted by molar-refractivity contribution is 5.62. The van der Waals surface area contributed by atoms with Gasteiger partial charge in [-0.25, -0.2) is 0 Å². The number of allylic oxidation sites excluding steroid dienone is 1. The molecule has 0 aliphatic heterocycles. The fraction of sp³-hybridized carbons (Fsp3) is 0.333. The van der Waals surface area contributed by atoms with Crippen LogP contribution in [0.2, 0.25) is 0 Å². The molecular formula is C12H19N. The van der Waals surface area contributed by atoms with Gasteiger partial charge in [-0.2, -0.15) is 0 Å². The topological polar surface area (TPSA) is 15.8 Å². The first-order chi connectivity index (χ1) is 6.27. The maximum atomic E-state index is 3.73. The molecular weight excluding hydrogens is 158 g/mol. The fourth-order valence-corrected chi connectivity index (χ4v) is 1.11. The Morgan fingerprint density at radius 2 is 2.00 bits per heavy atom. The average molecular weight is 177 g/mol. The van der Waals surface area contributed by atoms with Crippen molar-refractivity contribution < 1.29 is 0 Å². The number of hydrogen-bond donors (Lipinski definition) is 1. The molecule has 72 valence electrons. The molecule has 1 rings (SSSR count). The lowest BCUT2D eigenvalue weighted by molar-refractivity contribution is 1.25. The van der Waals surface area contributed by atoms with Crippen LogP contribution in [0, 0.1) is 6.92 Å². The van der Waals surface area contributed by atoms with Gasteiger partial charge in [0.1, 0.15) is 0 Å². The minimum Gasteiger partial charge on any atom is -0.359 e. The molecule has 1 heterocycles. The highest BCUT2D eigenvalue weighted by Gasteiger charge is 1.97. The van der Waals surface area contributed by atoms with Crippen molar-refractivity contribution in [1.29, 1.82) is 0 Å². The third-order valence-corrected chi connectivity index (χ3v) is 1.57. The zero-order valence-electron chi connectivity index (χ0n) is 9.02. The van der Waals surface area contributed by atoms with E-state index >= 15 is 0 Å². The maximum Gasteiger partial charge on any atom is 0.0452 e. The summed E-state index contributed by atoms with van der Waals surface area (Å²) in [7, 11) is 0. The predicted molar refractivity (Wildman–Crippen MR) is 61.7 cm³/mol. The monoisotopic (exact) mass is 177 g/mol. The molecule has 0 spiro atoms. The molecule has 0 aromatic carbocycles. The number of nitrogens with one attached hydrogen (secondary N) is 1. The maximum absolute atomic E-state index is 3.73. The SMILES string of the molecule is C=Cc1cc(C)[nH]c1/C=C\C.CC. The van der Waals surface area contributed by atoms with Gasteiger partial charge in [0, 0.05) is 11.4 Å². The van der Waals surface area contributed by atoms with E-state index in [4.69, 9.17) is 0 Å². The summed E-state index contributed by atoms with van der Waals surface area (Å²) in [6.45, 7) is 11.8. The Morgan fingerprint density at radius 1 is 1.38 bits per heavy atom. The third kappa shape index (κ3) is 3.32. The minimum atomic E-state index is 1.14. The van der Waals surface area contributed by atoms with Crippen molar-refractivity contribution in [2.75, 3.05) is 0 Å². The first-order valence-corrected chi connectivity index (χ1v) is 4.72.